The fourth-order valence-electron chi connectivity index (χ4n) is 5.26. The average Bonchev–Trinajstić information content (AvgIpc) is 3.63. The summed E-state index contributed by atoms with van der Waals surface area (Å²) >= 11 is 6.55. The Labute approximate surface area is 259 Å². The molecule has 0 spiro atoms. The number of benzene rings is 1. The molecule has 0 bridgehead atoms. The van der Waals surface area contributed by atoms with Crippen molar-refractivity contribution in [2.45, 2.75) is 96.7 Å². The van der Waals surface area contributed by atoms with Gasteiger partial charge < -0.3 is 25.8 Å². The molecular weight excluding hydrogens is 591 g/mol. The Bertz CT molecular complexity index is 1290. The number of carbonyl (C=O) groups is 5. The Morgan fingerprint density at radius 2 is 1.74 bits per heavy atom. The van der Waals surface area contributed by atoms with E-state index in [-0.39, 0.29) is 48.5 Å². The molecule has 1 saturated carbocycles. The van der Waals surface area contributed by atoms with Crippen molar-refractivity contribution in [3.63, 3.8) is 0 Å². The van der Waals surface area contributed by atoms with Crippen molar-refractivity contribution in [2.24, 2.45) is 11.3 Å². The van der Waals surface area contributed by atoms with Gasteiger partial charge in [0.1, 0.15) is 13.2 Å². The van der Waals surface area contributed by atoms with Gasteiger partial charge in [0.25, 0.3) is 5.91 Å². The van der Waals surface area contributed by atoms with Crippen LogP contribution in [-0.2, 0) is 28.5 Å². The predicted molar refractivity (Wildman–Crippen MR) is 168 cm³/mol. The standard InChI is InChI=1S/C31H46ClN4O6P/c1-7-18(22-11-10-21(16-23(22)32)43(5,6)42)15-26(37)35-25(17-31(2,3)4)29(40)36-24(14-19-12-13-33-28(19)39)27(38)30(41)34-20-8-9-20/h10-11,16,18-20,24-25H,7-9,12-15,17H2,1-6H3,(H,33,39)(H,34,41)(H,35,37)(H,36,40)/t18?,19-,24?,25?/m0/s1. The molecular formula is C31H46ClN4O6P. The molecule has 0 aromatic heterocycles. The van der Waals surface area contributed by atoms with Crippen molar-refractivity contribution >= 4 is 53.5 Å². The van der Waals surface area contributed by atoms with Gasteiger partial charge in [0.05, 0.1) is 6.04 Å². The normalized spacial score (nSPS) is 19.1. The highest BCUT2D eigenvalue weighted by Crippen LogP contribution is 2.38. The smallest absolute Gasteiger partial charge is 0.289 e. The van der Waals surface area contributed by atoms with Gasteiger partial charge in [-0.15, -0.1) is 0 Å². The number of Topliss-reactive ketones (excluding diaryl/α,β-unsaturated/α-hetero) is 1. The minimum atomic E-state index is -2.50. The highest BCUT2D eigenvalue weighted by Gasteiger charge is 2.37. The molecule has 12 heteroatoms. The number of nitrogens with one attached hydrogen (secondary N) is 4. The van der Waals surface area contributed by atoms with Crippen LogP contribution in [0.25, 0.3) is 0 Å². The Morgan fingerprint density at radius 3 is 2.26 bits per heavy atom. The molecule has 1 aliphatic carbocycles. The first-order valence-electron chi connectivity index (χ1n) is 15.1. The van der Waals surface area contributed by atoms with Crippen LogP contribution in [0, 0.1) is 11.3 Å². The van der Waals surface area contributed by atoms with Crippen LogP contribution in [0.5, 0.6) is 0 Å². The molecule has 1 saturated heterocycles. The number of hydrogen-bond acceptors (Lipinski definition) is 6. The van der Waals surface area contributed by atoms with Gasteiger partial charge in [0.2, 0.25) is 23.5 Å². The quantitative estimate of drug-likeness (QED) is 0.182. The lowest BCUT2D eigenvalue weighted by molar-refractivity contribution is -0.141. The Balaban J connectivity index is 1.76. The van der Waals surface area contributed by atoms with Crippen LogP contribution in [0.4, 0.5) is 0 Å². The third kappa shape index (κ3) is 10.5. The minimum absolute atomic E-state index is 0.000464. The maximum absolute atomic E-state index is 13.6. The lowest BCUT2D eigenvalue weighted by atomic mass is 9.87. The van der Waals surface area contributed by atoms with E-state index < -0.39 is 42.7 Å². The summed E-state index contributed by atoms with van der Waals surface area (Å²) < 4.78 is 12.5. The van der Waals surface area contributed by atoms with E-state index in [1.54, 1.807) is 31.5 Å². The molecule has 4 amide bonds. The van der Waals surface area contributed by atoms with E-state index in [0.717, 1.165) is 18.4 Å². The van der Waals surface area contributed by atoms with E-state index in [1.807, 2.05) is 27.7 Å². The van der Waals surface area contributed by atoms with Crippen molar-refractivity contribution in [1.29, 1.82) is 0 Å². The molecule has 1 aliphatic heterocycles. The fraction of sp³-hybridized carbons (Fsp3) is 0.645. The number of rotatable bonds is 14. The van der Waals surface area contributed by atoms with Crippen LogP contribution in [0.15, 0.2) is 18.2 Å². The molecule has 43 heavy (non-hydrogen) atoms. The first-order chi connectivity index (χ1) is 20.0. The zero-order chi connectivity index (χ0) is 32.1. The number of amides is 4. The van der Waals surface area contributed by atoms with Gasteiger partial charge in [-0.05, 0) is 74.8 Å². The van der Waals surface area contributed by atoms with E-state index in [4.69, 9.17) is 11.6 Å². The highest BCUT2D eigenvalue weighted by atomic mass is 35.5. The monoisotopic (exact) mass is 636 g/mol. The topological polar surface area (TPSA) is 151 Å². The second kappa shape index (κ2) is 14.4. The van der Waals surface area contributed by atoms with E-state index in [2.05, 4.69) is 21.3 Å². The molecule has 2 fully saturated rings. The zero-order valence-corrected chi connectivity index (χ0v) is 27.7. The van der Waals surface area contributed by atoms with Gasteiger partial charge in [-0.3, -0.25) is 24.0 Å². The van der Waals surface area contributed by atoms with Crippen LogP contribution in [0.1, 0.15) is 84.1 Å². The molecule has 4 atom stereocenters. The Hall–Kier alpha value is -2.71. The lowest BCUT2D eigenvalue weighted by Crippen LogP contribution is -2.55. The molecule has 4 N–H and O–H groups in total. The van der Waals surface area contributed by atoms with E-state index in [1.165, 1.54) is 0 Å². The van der Waals surface area contributed by atoms with Crippen LogP contribution in [0.2, 0.25) is 5.02 Å². The van der Waals surface area contributed by atoms with Crippen molar-refractivity contribution in [3.8, 4) is 0 Å². The van der Waals surface area contributed by atoms with Crippen LogP contribution < -0.4 is 26.6 Å². The SMILES string of the molecule is CCC(CC(=O)NC(CC(C)(C)C)C(=O)NC(C[C@@H]1CCNC1=O)C(=O)C(=O)NC1CC1)c1ccc(P(C)(C)=O)cc1Cl. The van der Waals surface area contributed by atoms with Gasteiger partial charge in [0, 0.05) is 35.3 Å². The molecule has 1 heterocycles. The molecule has 10 nitrogen and oxygen atoms in total. The second-order valence-corrected chi connectivity index (χ2v) is 17.1. The summed E-state index contributed by atoms with van der Waals surface area (Å²) in [4.78, 5) is 65.0. The molecule has 0 radical (unpaired) electrons. The van der Waals surface area contributed by atoms with Gasteiger partial charge in [-0.2, -0.15) is 0 Å². The number of carbonyl (C=O) groups excluding carboxylic acids is 5. The first-order valence-corrected chi connectivity index (χ1v) is 18.0. The van der Waals surface area contributed by atoms with E-state index in [0.29, 0.717) is 29.7 Å². The van der Waals surface area contributed by atoms with Crippen LogP contribution in [-0.4, -0.2) is 67.4 Å². The van der Waals surface area contributed by atoms with Crippen LogP contribution in [0.3, 0.4) is 0 Å². The Kier molecular flexibility index (Phi) is 11.6. The molecule has 1 aromatic carbocycles. The maximum Gasteiger partial charge on any atom is 0.289 e. The van der Waals surface area contributed by atoms with Crippen LogP contribution >= 0.6 is 18.7 Å². The maximum atomic E-state index is 13.6. The van der Waals surface area contributed by atoms with Gasteiger partial charge in [-0.25, -0.2) is 0 Å². The molecule has 2 aliphatic rings. The summed E-state index contributed by atoms with van der Waals surface area (Å²) in [6.07, 6.45) is 3.04. The van der Waals surface area contributed by atoms with Crippen molar-refractivity contribution in [2.75, 3.05) is 19.9 Å². The summed E-state index contributed by atoms with van der Waals surface area (Å²) in [6.45, 7) is 11.6. The number of hydrogen-bond donors (Lipinski definition) is 4. The van der Waals surface area contributed by atoms with E-state index in [9.17, 15) is 28.5 Å². The molecule has 1 aromatic rings. The van der Waals surface area contributed by atoms with Gasteiger partial charge in [-0.1, -0.05) is 51.4 Å². The summed E-state index contributed by atoms with van der Waals surface area (Å²) in [5, 5.41) is 12.0. The largest absolute Gasteiger partial charge is 0.356 e. The molecule has 3 rings (SSSR count). The second-order valence-electron chi connectivity index (χ2n) is 13.4. The number of ketones is 1. The lowest BCUT2D eigenvalue weighted by Gasteiger charge is -2.29. The third-order valence-electron chi connectivity index (χ3n) is 7.89. The summed E-state index contributed by atoms with van der Waals surface area (Å²) in [7, 11) is -2.50. The average molecular weight is 637 g/mol. The van der Waals surface area contributed by atoms with Crippen molar-refractivity contribution in [1.82, 2.24) is 21.3 Å². The third-order valence-corrected chi connectivity index (χ3v) is 9.74. The fourth-order valence-corrected chi connectivity index (χ4v) is 6.54. The predicted octanol–water partition coefficient (Wildman–Crippen LogP) is 3.25. The summed E-state index contributed by atoms with van der Waals surface area (Å²) in [5.74, 6) is -3.49. The summed E-state index contributed by atoms with van der Waals surface area (Å²) in [6, 6.07) is 3.05. The van der Waals surface area contributed by atoms with Gasteiger partial charge >= 0.3 is 0 Å². The highest BCUT2D eigenvalue weighted by molar-refractivity contribution is 7.70. The van der Waals surface area contributed by atoms with Crippen molar-refractivity contribution in [3.05, 3.63) is 28.8 Å². The number of halogens is 1. The van der Waals surface area contributed by atoms with Gasteiger partial charge in [0.15, 0.2) is 0 Å². The summed E-state index contributed by atoms with van der Waals surface area (Å²) in [5.41, 5.74) is 0.400. The van der Waals surface area contributed by atoms with Crippen molar-refractivity contribution < 1.29 is 28.5 Å². The van der Waals surface area contributed by atoms with E-state index >= 15 is 0 Å². The zero-order valence-electron chi connectivity index (χ0n) is 26.1. The first kappa shape index (κ1) is 34.8. The minimum Gasteiger partial charge on any atom is -0.356 e. The Morgan fingerprint density at radius 1 is 1.07 bits per heavy atom. The molecule has 238 valence electrons. The molecule has 3 unspecified atom stereocenters.